The van der Waals surface area contributed by atoms with Gasteiger partial charge in [-0.1, -0.05) is 19.1 Å². The van der Waals surface area contributed by atoms with Gasteiger partial charge in [-0.25, -0.2) is 4.68 Å². The molecule has 1 aliphatic heterocycles. The van der Waals surface area contributed by atoms with Gasteiger partial charge in [0.05, 0.1) is 12.1 Å². The zero-order chi connectivity index (χ0) is 16.2. The van der Waals surface area contributed by atoms with Gasteiger partial charge in [-0.05, 0) is 41.6 Å². The van der Waals surface area contributed by atoms with E-state index in [1.807, 2.05) is 29.2 Å². The number of carbonyl (C=O) groups excluding carboxylic acids is 1. The molecule has 0 aliphatic carbocycles. The number of piperazine rings is 1. The molecule has 122 valence electrons. The van der Waals surface area contributed by atoms with Gasteiger partial charge in [-0.15, -0.1) is 5.10 Å². The topological polar surface area (TPSA) is 67.2 Å². The van der Waals surface area contributed by atoms with Gasteiger partial charge in [0, 0.05) is 25.7 Å². The molecule has 2 heterocycles. The van der Waals surface area contributed by atoms with Gasteiger partial charge >= 0.3 is 0 Å². The zero-order valence-corrected chi connectivity index (χ0v) is 13.6. The molecular formula is C16H22N6O. The first-order valence-corrected chi connectivity index (χ1v) is 8.01. The number of aromatic nitrogens is 4. The summed E-state index contributed by atoms with van der Waals surface area (Å²) < 4.78 is 1.59. The van der Waals surface area contributed by atoms with Crippen LogP contribution in [0, 0.1) is 0 Å². The van der Waals surface area contributed by atoms with Gasteiger partial charge in [0.25, 0.3) is 0 Å². The van der Waals surface area contributed by atoms with Crippen LogP contribution in [0.5, 0.6) is 0 Å². The maximum atomic E-state index is 12.6. The van der Waals surface area contributed by atoms with Crippen molar-refractivity contribution in [3.8, 4) is 5.69 Å². The van der Waals surface area contributed by atoms with Crippen molar-refractivity contribution in [2.45, 2.75) is 26.3 Å². The first kappa shape index (κ1) is 15.6. The van der Waals surface area contributed by atoms with Crippen molar-refractivity contribution in [3.63, 3.8) is 0 Å². The summed E-state index contributed by atoms with van der Waals surface area (Å²) in [5.74, 6) is 0.198. The molecule has 3 rings (SSSR count). The van der Waals surface area contributed by atoms with Crippen LogP contribution < -0.4 is 0 Å². The molecule has 0 radical (unpaired) electrons. The van der Waals surface area contributed by atoms with Crippen molar-refractivity contribution in [3.05, 3.63) is 36.2 Å². The average Bonchev–Trinajstić information content (AvgIpc) is 3.09. The number of amides is 1. The van der Waals surface area contributed by atoms with Gasteiger partial charge in [-0.3, -0.25) is 9.69 Å². The first-order chi connectivity index (χ1) is 11.2. The third-order valence-electron chi connectivity index (χ3n) is 4.38. The predicted molar refractivity (Wildman–Crippen MR) is 86.1 cm³/mol. The Morgan fingerprint density at radius 1 is 1.26 bits per heavy atom. The second-order valence-electron chi connectivity index (χ2n) is 5.93. The van der Waals surface area contributed by atoms with Gasteiger partial charge in [-0.2, -0.15) is 0 Å². The van der Waals surface area contributed by atoms with Crippen LogP contribution in [0.4, 0.5) is 0 Å². The molecule has 0 bridgehead atoms. The normalized spacial score (nSPS) is 19.0. The number of hydrogen-bond acceptors (Lipinski definition) is 5. The highest BCUT2D eigenvalue weighted by Gasteiger charge is 2.26. The third kappa shape index (κ3) is 3.56. The zero-order valence-electron chi connectivity index (χ0n) is 13.6. The molecule has 0 N–H and O–H groups in total. The number of hydrogen-bond donors (Lipinski definition) is 0. The van der Waals surface area contributed by atoms with Crippen molar-refractivity contribution in [1.82, 2.24) is 30.0 Å². The summed E-state index contributed by atoms with van der Waals surface area (Å²) in [6.07, 6.45) is 1.99. The SMILES string of the molecule is CCN1CCN(C(=O)Cc2ccc(-n3cnnn3)cc2)C(C)C1. The molecule has 1 aromatic heterocycles. The van der Waals surface area contributed by atoms with E-state index in [-0.39, 0.29) is 11.9 Å². The van der Waals surface area contributed by atoms with E-state index >= 15 is 0 Å². The quantitative estimate of drug-likeness (QED) is 0.833. The molecule has 0 spiro atoms. The third-order valence-corrected chi connectivity index (χ3v) is 4.38. The van der Waals surface area contributed by atoms with Crippen molar-refractivity contribution in [1.29, 1.82) is 0 Å². The highest BCUT2D eigenvalue weighted by molar-refractivity contribution is 5.79. The standard InChI is InChI=1S/C16H22N6O/c1-3-20-8-9-21(13(2)11-20)16(23)10-14-4-6-15(7-5-14)22-12-17-18-19-22/h4-7,12-13H,3,8-11H2,1-2H3. The van der Waals surface area contributed by atoms with Crippen LogP contribution in [-0.2, 0) is 11.2 Å². The van der Waals surface area contributed by atoms with E-state index in [2.05, 4.69) is 34.3 Å². The lowest BCUT2D eigenvalue weighted by molar-refractivity contribution is -0.134. The van der Waals surface area contributed by atoms with E-state index in [0.29, 0.717) is 6.42 Å². The van der Waals surface area contributed by atoms with Crippen molar-refractivity contribution < 1.29 is 4.79 Å². The summed E-state index contributed by atoms with van der Waals surface area (Å²) in [5.41, 5.74) is 1.90. The molecule has 1 saturated heterocycles. The van der Waals surface area contributed by atoms with Crippen LogP contribution in [0.1, 0.15) is 19.4 Å². The second-order valence-corrected chi connectivity index (χ2v) is 5.93. The van der Waals surface area contributed by atoms with Crippen LogP contribution in [0.15, 0.2) is 30.6 Å². The summed E-state index contributed by atoms with van der Waals surface area (Å²) in [6, 6.07) is 8.05. The molecule has 1 unspecified atom stereocenters. The fourth-order valence-corrected chi connectivity index (χ4v) is 3.01. The Balaban J connectivity index is 1.62. The van der Waals surface area contributed by atoms with Crippen LogP contribution in [0.25, 0.3) is 5.69 Å². The van der Waals surface area contributed by atoms with Crippen LogP contribution >= 0.6 is 0 Å². The van der Waals surface area contributed by atoms with Crippen molar-refractivity contribution >= 4 is 5.91 Å². The number of carbonyl (C=O) groups is 1. The predicted octanol–water partition coefficient (Wildman–Crippen LogP) is 0.757. The van der Waals surface area contributed by atoms with E-state index in [9.17, 15) is 4.79 Å². The molecule has 2 aromatic rings. The molecule has 1 atom stereocenters. The summed E-state index contributed by atoms with van der Waals surface area (Å²) in [4.78, 5) is 16.9. The molecule has 23 heavy (non-hydrogen) atoms. The Hall–Kier alpha value is -2.28. The van der Waals surface area contributed by atoms with Crippen LogP contribution in [0.3, 0.4) is 0 Å². The lowest BCUT2D eigenvalue weighted by atomic mass is 10.1. The Morgan fingerprint density at radius 3 is 2.65 bits per heavy atom. The van der Waals surface area contributed by atoms with Crippen LogP contribution in [0.2, 0.25) is 0 Å². The molecule has 1 amide bonds. The minimum atomic E-state index is 0.198. The smallest absolute Gasteiger partial charge is 0.227 e. The fraction of sp³-hybridized carbons (Fsp3) is 0.500. The number of nitrogens with zero attached hydrogens (tertiary/aromatic N) is 6. The largest absolute Gasteiger partial charge is 0.337 e. The van der Waals surface area contributed by atoms with E-state index < -0.39 is 0 Å². The minimum Gasteiger partial charge on any atom is -0.337 e. The molecular weight excluding hydrogens is 292 g/mol. The molecule has 7 heteroatoms. The second kappa shape index (κ2) is 6.87. The maximum absolute atomic E-state index is 12.6. The fourth-order valence-electron chi connectivity index (χ4n) is 3.01. The number of benzene rings is 1. The molecule has 7 nitrogen and oxygen atoms in total. The van der Waals surface area contributed by atoms with Gasteiger partial charge < -0.3 is 4.90 Å². The van der Waals surface area contributed by atoms with E-state index in [1.54, 1.807) is 11.0 Å². The van der Waals surface area contributed by atoms with Gasteiger partial charge in [0.1, 0.15) is 6.33 Å². The summed E-state index contributed by atoms with van der Waals surface area (Å²) in [6.45, 7) is 8.07. The van der Waals surface area contributed by atoms with Gasteiger partial charge in [0.2, 0.25) is 5.91 Å². The highest BCUT2D eigenvalue weighted by Crippen LogP contribution is 2.13. The summed E-state index contributed by atoms with van der Waals surface area (Å²) in [7, 11) is 0. The Morgan fingerprint density at radius 2 is 2.04 bits per heavy atom. The van der Waals surface area contributed by atoms with Crippen molar-refractivity contribution in [2.75, 3.05) is 26.2 Å². The molecule has 0 saturated carbocycles. The van der Waals surface area contributed by atoms with E-state index in [1.165, 1.54) is 0 Å². The minimum absolute atomic E-state index is 0.198. The Bertz CT molecular complexity index is 639. The Labute approximate surface area is 135 Å². The molecule has 1 fully saturated rings. The Kier molecular flexibility index (Phi) is 4.66. The number of likely N-dealkylation sites (N-methyl/N-ethyl adjacent to an activating group) is 1. The number of tetrazole rings is 1. The molecule has 1 aliphatic rings. The monoisotopic (exact) mass is 314 g/mol. The maximum Gasteiger partial charge on any atom is 0.227 e. The summed E-state index contributed by atoms with van der Waals surface area (Å²) >= 11 is 0. The number of rotatable bonds is 4. The van der Waals surface area contributed by atoms with Crippen molar-refractivity contribution in [2.24, 2.45) is 0 Å². The van der Waals surface area contributed by atoms with E-state index in [4.69, 9.17) is 0 Å². The molecule has 1 aromatic carbocycles. The van der Waals surface area contributed by atoms with E-state index in [0.717, 1.165) is 37.4 Å². The van der Waals surface area contributed by atoms with Gasteiger partial charge in [0.15, 0.2) is 0 Å². The highest BCUT2D eigenvalue weighted by atomic mass is 16.2. The first-order valence-electron chi connectivity index (χ1n) is 8.01. The lowest BCUT2D eigenvalue weighted by Crippen LogP contribution is -2.54. The summed E-state index contributed by atoms with van der Waals surface area (Å²) in [5, 5.41) is 11.1. The van der Waals surface area contributed by atoms with Crippen LogP contribution in [-0.4, -0.2) is 68.1 Å². The average molecular weight is 314 g/mol. The lowest BCUT2D eigenvalue weighted by Gasteiger charge is -2.39.